The largest absolute Gasteiger partial charge is 0.481 e. The third-order valence-corrected chi connectivity index (χ3v) is 2.37. The Hall–Kier alpha value is -1.56. The molecule has 1 atom stereocenters. The van der Waals surface area contributed by atoms with E-state index in [1.807, 2.05) is 0 Å². The lowest BCUT2D eigenvalue weighted by Gasteiger charge is -2.15. The molecule has 1 unspecified atom stereocenters. The zero-order chi connectivity index (χ0) is 13.1. The van der Waals surface area contributed by atoms with Gasteiger partial charge in [-0.25, -0.2) is 0 Å². The lowest BCUT2D eigenvalue weighted by molar-refractivity contribution is -0.138. The van der Waals surface area contributed by atoms with Crippen molar-refractivity contribution < 1.29 is 23.1 Å². The number of carbonyl (C=O) groups is 1. The van der Waals surface area contributed by atoms with Crippen LogP contribution in [0.2, 0.25) is 0 Å². The Kier molecular flexibility index (Phi) is 4.11. The number of carboxylic acids is 1. The second kappa shape index (κ2) is 5.18. The van der Waals surface area contributed by atoms with Crippen LogP contribution >= 0.6 is 0 Å². The highest BCUT2D eigenvalue weighted by molar-refractivity contribution is 5.67. The average molecular weight is 247 g/mol. The van der Waals surface area contributed by atoms with E-state index in [2.05, 4.69) is 5.32 Å². The lowest BCUT2D eigenvalue weighted by Crippen LogP contribution is -2.20. The van der Waals surface area contributed by atoms with E-state index in [1.54, 1.807) is 7.05 Å². The van der Waals surface area contributed by atoms with Crippen molar-refractivity contribution in [3.8, 4) is 0 Å². The van der Waals surface area contributed by atoms with E-state index in [1.165, 1.54) is 12.1 Å². The van der Waals surface area contributed by atoms with Crippen molar-refractivity contribution in [3.05, 3.63) is 35.4 Å². The van der Waals surface area contributed by atoms with Gasteiger partial charge in [0, 0.05) is 6.04 Å². The minimum Gasteiger partial charge on any atom is -0.481 e. The molecular formula is C11H12F3NO2. The molecule has 0 saturated carbocycles. The summed E-state index contributed by atoms with van der Waals surface area (Å²) in [5, 5.41) is 11.4. The van der Waals surface area contributed by atoms with Crippen molar-refractivity contribution in [2.75, 3.05) is 7.05 Å². The number of hydrogen-bond acceptors (Lipinski definition) is 2. The molecule has 0 spiro atoms. The fourth-order valence-electron chi connectivity index (χ4n) is 1.47. The molecule has 0 aliphatic heterocycles. The van der Waals surface area contributed by atoms with Crippen LogP contribution in [-0.4, -0.2) is 18.1 Å². The van der Waals surface area contributed by atoms with Gasteiger partial charge in [0.2, 0.25) is 0 Å². The highest BCUT2D eigenvalue weighted by atomic mass is 19.4. The van der Waals surface area contributed by atoms with Crippen molar-refractivity contribution in [2.45, 2.75) is 18.6 Å². The van der Waals surface area contributed by atoms with Crippen LogP contribution in [0.15, 0.2) is 24.3 Å². The van der Waals surface area contributed by atoms with Crippen LogP contribution in [0.4, 0.5) is 13.2 Å². The fourth-order valence-corrected chi connectivity index (χ4v) is 1.47. The first-order valence-corrected chi connectivity index (χ1v) is 4.91. The van der Waals surface area contributed by atoms with Crippen LogP contribution in [0, 0.1) is 0 Å². The predicted molar refractivity (Wildman–Crippen MR) is 55.5 cm³/mol. The molecule has 2 N–H and O–H groups in total. The zero-order valence-corrected chi connectivity index (χ0v) is 9.08. The van der Waals surface area contributed by atoms with Gasteiger partial charge in [0.15, 0.2) is 0 Å². The molecule has 0 aromatic heterocycles. The van der Waals surface area contributed by atoms with Crippen LogP contribution in [0.1, 0.15) is 23.6 Å². The smallest absolute Gasteiger partial charge is 0.416 e. The summed E-state index contributed by atoms with van der Waals surface area (Å²) >= 11 is 0. The highest BCUT2D eigenvalue weighted by Gasteiger charge is 2.30. The van der Waals surface area contributed by atoms with Crippen molar-refractivity contribution in [3.63, 3.8) is 0 Å². The summed E-state index contributed by atoms with van der Waals surface area (Å²) in [5.74, 6) is -1.01. The van der Waals surface area contributed by atoms with Crippen LogP contribution in [-0.2, 0) is 11.0 Å². The topological polar surface area (TPSA) is 49.3 Å². The van der Waals surface area contributed by atoms with Gasteiger partial charge in [0.1, 0.15) is 0 Å². The average Bonchev–Trinajstić information content (AvgIpc) is 2.24. The molecule has 0 heterocycles. The van der Waals surface area contributed by atoms with Crippen LogP contribution in [0.25, 0.3) is 0 Å². The first-order chi connectivity index (χ1) is 7.84. The number of aliphatic carboxylic acids is 1. The Bertz CT molecular complexity index is 387. The van der Waals surface area contributed by atoms with Crippen LogP contribution < -0.4 is 5.32 Å². The third kappa shape index (κ3) is 3.74. The third-order valence-electron chi connectivity index (χ3n) is 2.37. The molecular weight excluding hydrogens is 235 g/mol. The number of hydrogen-bond donors (Lipinski definition) is 2. The molecule has 0 bridgehead atoms. The molecule has 1 aromatic carbocycles. The summed E-state index contributed by atoms with van der Waals surface area (Å²) < 4.78 is 36.9. The molecule has 0 radical (unpaired) electrons. The van der Waals surface area contributed by atoms with E-state index in [0.29, 0.717) is 5.56 Å². The minimum atomic E-state index is -4.37. The SMILES string of the molecule is CNC(CC(=O)O)c1ccc(C(F)(F)F)cc1. The molecule has 3 nitrogen and oxygen atoms in total. The molecule has 0 aliphatic rings. The lowest BCUT2D eigenvalue weighted by atomic mass is 10.0. The van der Waals surface area contributed by atoms with Crippen molar-refractivity contribution in [1.82, 2.24) is 5.32 Å². The van der Waals surface area contributed by atoms with E-state index in [4.69, 9.17) is 5.11 Å². The summed E-state index contributed by atoms with van der Waals surface area (Å²) in [4.78, 5) is 10.5. The second-order valence-electron chi connectivity index (χ2n) is 3.56. The molecule has 0 fully saturated rings. The quantitative estimate of drug-likeness (QED) is 0.859. The van der Waals surface area contributed by atoms with Gasteiger partial charge in [-0.3, -0.25) is 4.79 Å². The van der Waals surface area contributed by atoms with E-state index in [0.717, 1.165) is 12.1 Å². The van der Waals surface area contributed by atoms with Crippen molar-refractivity contribution in [1.29, 1.82) is 0 Å². The summed E-state index contributed by atoms with van der Waals surface area (Å²) in [6, 6.07) is 3.97. The van der Waals surface area contributed by atoms with Crippen molar-refractivity contribution in [2.24, 2.45) is 0 Å². The molecule has 1 rings (SSSR count). The van der Waals surface area contributed by atoms with Crippen LogP contribution in [0.5, 0.6) is 0 Å². The van der Waals surface area contributed by atoms with E-state index in [9.17, 15) is 18.0 Å². The second-order valence-corrected chi connectivity index (χ2v) is 3.56. The molecule has 0 saturated heterocycles. The maximum atomic E-state index is 12.3. The van der Waals surface area contributed by atoms with Crippen molar-refractivity contribution >= 4 is 5.97 Å². The maximum Gasteiger partial charge on any atom is 0.416 e. The summed E-state index contributed by atoms with van der Waals surface area (Å²) in [6.07, 6.45) is -4.55. The monoisotopic (exact) mass is 247 g/mol. The standard InChI is InChI=1S/C11H12F3NO2/c1-15-9(6-10(16)17)7-2-4-8(5-3-7)11(12,13)14/h2-5,9,15H,6H2,1H3,(H,16,17). The Morgan fingerprint density at radius 3 is 2.24 bits per heavy atom. The molecule has 1 aromatic rings. The number of carboxylic acid groups (broad SMARTS) is 1. The van der Waals surface area contributed by atoms with Gasteiger partial charge in [0.25, 0.3) is 0 Å². The van der Waals surface area contributed by atoms with Gasteiger partial charge in [-0.1, -0.05) is 12.1 Å². The van der Waals surface area contributed by atoms with E-state index >= 15 is 0 Å². The van der Waals surface area contributed by atoms with E-state index in [-0.39, 0.29) is 6.42 Å². The number of alkyl halides is 3. The molecule has 94 valence electrons. The predicted octanol–water partition coefficient (Wildman–Crippen LogP) is 2.44. The Balaban J connectivity index is 2.89. The highest BCUT2D eigenvalue weighted by Crippen LogP contribution is 2.30. The molecule has 6 heteroatoms. The molecule has 17 heavy (non-hydrogen) atoms. The first-order valence-electron chi connectivity index (χ1n) is 4.91. The van der Waals surface area contributed by atoms with Gasteiger partial charge in [-0.15, -0.1) is 0 Å². The van der Waals surface area contributed by atoms with Gasteiger partial charge in [-0.05, 0) is 24.7 Å². The summed E-state index contributed by atoms with van der Waals surface area (Å²) in [5.41, 5.74) is -0.227. The first kappa shape index (κ1) is 13.5. The fraction of sp³-hybridized carbons (Fsp3) is 0.364. The molecule has 0 amide bonds. The Labute approximate surface area is 96.3 Å². The summed E-state index contributed by atoms with van der Waals surface area (Å²) in [7, 11) is 1.56. The number of nitrogens with one attached hydrogen (secondary N) is 1. The molecule has 0 aliphatic carbocycles. The normalized spacial score (nSPS) is 13.4. The van der Waals surface area contributed by atoms with Gasteiger partial charge < -0.3 is 10.4 Å². The number of rotatable bonds is 4. The summed E-state index contributed by atoms with van der Waals surface area (Å²) in [6.45, 7) is 0. The maximum absolute atomic E-state index is 12.3. The van der Waals surface area contributed by atoms with Gasteiger partial charge in [-0.2, -0.15) is 13.2 Å². The number of halogens is 3. The van der Waals surface area contributed by atoms with E-state index < -0.39 is 23.8 Å². The van der Waals surface area contributed by atoms with Crippen LogP contribution in [0.3, 0.4) is 0 Å². The Morgan fingerprint density at radius 1 is 1.35 bits per heavy atom. The minimum absolute atomic E-state index is 0.179. The Morgan fingerprint density at radius 2 is 1.88 bits per heavy atom. The zero-order valence-electron chi connectivity index (χ0n) is 9.08. The number of benzene rings is 1. The van der Waals surface area contributed by atoms with Gasteiger partial charge >= 0.3 is 12.1 Å². The van der Waals surface area contributed by atoms with Gasteiger partial charge in [0.05, 0.1) is 12.0 Å².